The van der Waals surface area contributed by atoms with Gasteiger partial charge in [0.2, 0.25) is 11.8 Å². The van der Waals surface area contributed by atoms with Crippen LogP contribution in [0.3, 0.4) is 0 Å². The largest absolute Gasteiger partial charge is 0.369 e. The molecule has 0 saturated heterocycles. The molecule has 3 rings (SSSR count). The van der Waals surface area contributed by atoms with Gasteiger partial charge in [-0.3, -0.25) is 9.59 Å². The van der Waals surface area contributed by atoms with Gasteiger partial charge in [-0.15, -0.1) is 0 Å². The normalized spacial score (nSPS) is 20.3. The summed E-state index contributed by atoms with van der Waals surface area (Å²) in [5.74, 6) is 0.420. The first-order chi connectivity index (χ1) is 12.1. The highest BCUT2D eigenvalue weighted by Gasteiger charge is 2.24. The number of nitrogens with two attached hydrogens (primary N) is 1. The summed E-state index contributed by atoms with van der Waals surface area (Å²) in [6, 6.07) is 14.6. The number of amides is 2. The minimum atomic E-state index is -0.183. The summed E-state index contributed by atoms with van der Waals surface area (Å²) in [5.41, 5.74) is 6.55. The van der Waals surface area contributed by atoms with E-state index in [2.05, 4.69) is 35.6 Å². The molecular weight excluding hydrogens is 312 g/mol. The van der Waals surface area contributed by atoms with Gasteiger partial charge in [0.15, 0.2) is 0 Å². The molecule has 1 aliphatic rings. The van der Waals surface area contributed by atoms with E-state index in [1.54, 1.807) is 0 Å². The Balaban J connectivity index is 1.41. The van der Waals surface area contributed by atoms with Crippen LogP contribution in [0.1, 0.15) is 37.7 Å². The van der Waals surface area contributed by atoms with E-state index in [4.69, 9.17) is 5.73 Å². The van der Waals surface area contributed by atoms with Crippen LogP contribution in [0.25, 0.3) is 10.8 Å². The Hall–Kier alpha value is -2.36. The van der Waals surface area contributed by atoms with Crippen molar-refractivity contribution in [2.75, 3.05) is 6.54 Å². The minimum Gasteiger partial charge on any atom is -0.369 e. The van der Waals surface area contributed by atoms with Crippen molar-refractivity contribution in [1.29, 1.82) is 0 Å². The van der Waals surface area contributed by atoms with Crippen molar-refractivity contribution in [2.24, 2.45) is 17.6 Å². The predicted molar refractivity (Wildman–Crippen MR) is 99.9 cm³/mol. The molecule has 0 unspecified atom stereocenters. The highest BCUT2D eigenvalue weighted by molar-refractivity contribution is 5.83. The summed E-state index contributed by atoms with van der Waals surface area (Å²) >= 11 is 0. The van der Waals surface area contributed by atoms with Crippen LogP contribution >= 0.6 is 0 Å². The average Bonchev–Trinajstić information content (AvgIpc) is 2.65. The van der Waals surface area contributed by atoms with E-state index in [1.165, 1.54) is 16.3 Å². The predicted octanol–water partition coefficient (Wildman–Crippen LogP) is 3.18. The summed E-state index contributed by atoms with van der Waals surface area (Å²) in [7, 11) is 0. The van der Waals surface area contributed by atoms with Crippen molar-refractivity contribution >= 4 is 22.6 Å². The third kappa shape index (κ3) is 4.81. The zero-order chi connectivity index (χ0) is 17.6. The third-order valence-corrected chi connectivity index (χ3v) is 5.29. The molecule has 2 aromatic carbocycles. The topological polar surface area (TPSA) is 72.2 Å². The number of rotatable bonds is 6. The fourth-order valence-corrected chi connectivity index (χ4v) is 3.65. The second-order valence-electron chi connectivity index (χ2n) is 7.11. The summed E-state index contributed by atoms with van der Waals surface area (Å²) in [6.07, 6.45) is 4.91. The molecule has 1 fully saturated rings. The second kappa shape index (κ2) is 8.15. The molecule has 4 heteroatoms. The van der Waals surface area contributed by atoms with Crippen LogP contribution in [0, 0.1) is 11.8 Å². The lowest BCUT2D eigenvalue weighted by Gasteiger charge is -2.26. The maximum atomic E-state index is 12.1. The van der Waals surface area contributed by atoms with Gasteiger partial charge >= 0.3 is 0 Å². The molecule has 0 radical (unpaired) electrons. The molecule has 25 heavy (non-hydrogen) atoms. The summed E-state index contributed by atoms with van der Waals surface area (Å²) in [6.45, 7) is 0.710. The number of aryl methyl sites for hydroxylation is 1. The highest BCUT2D eigenvalue weighted by atomic mass is 16.2. The minimum absolute atomic E-state index is 0.0276. The molecule has 1 saturated carbocycles. The van der Waals surface area contributed by atoms with E-state index in [0.29, 0.717) is 18.9 Å². The molecule has 132 valence electrons. The Morgan fingerprint density at radius 2 is 1.72 bits per heavy atom. The summed E-state index contributed by atoms with van der Waals surface area (Å²) in [5, 5.41) is 5.49. The first-order valence-electron chi connectivity index (χ1n) is 9.15. The van der Waals surface area contributed by atoms with Gasteiger partial charge in [0.1, 0.15) is 0 Å². The SMILES string of the molecule is NC(=O)C1CCC(CNC(=O)CCc2ccc3ccccc3c2)CC1. The first kappa shape index (κ1) is 17.5. The van der Waals surface area contributed by atoms with Crippen molar-refractivity contribution in [3.63, 3.8) is 0 Å². The van der Waals surface area contributed by atoms with Crippen LogP contribution in [0.15, 0.2) is 42.5 Å². The number of primary amides is 1. The summed E-state index contributed by atoms with van der Waals surface area (Å²) in [4.78, 5) is 23.3. The number of hydrogen-bond acceptors (Lipinski definition) is 2. The van der Waals surface area contributed by atoms with Crippen LogP contribution in [-0.4, -0.2) is 18.4 Å². The van der Waals surface area contributed by atoms with Crippen molar-refractivity contribution < 1.29 is 9.59 Å². The molecule has 0 heterocycles. The van der Waals surface area contributed by atoms with Crippen molar-refractivity contribution in [2.45, 2.75) is 38.5 Å². The first-order valence-corrected chi connectivity index (χ1v) is 9.15. The smallest absolute Gasteiger partial charge is 0.220 e. The molecule has 1 aliphatic carbocycles. The lowest BCUT2D eigenvalue weighted by Crippen LogP contribution is -2.34. The van der Waals surface area contributed by atoms with E-state index in [9.17, 15) is 9.59 Å². The fourth-order valence-electron chi connectivity index (χ4n) is 3.65. The van der Waals surface area contributed by atoms with E-state index in [-0.39, 0.29) is 17.7 Å². The van der Waals surface area contributed by atoms with Crippen molar-refractivity contribution in [3.8, 4) is 0 Å². The Morgan fingerprint density at radius 1 is 1.00 bits per heavy atom. The molecule has 0 bridgehead atoms. The van der Waals surface area contributed by atoms with Gasteiger partial charge in [-0.1, -0.05) is 42.5 Å². The molecule has 2 aromatic rings. The molecule has 3 N–H and O–H groups in total. The molecule has 0 aromatic heterocycles. The zero-order valence-corrected chi connectivity index (χ0v) is 14.5. The number of carbonyl (C=O) groups excluding carboxylic acids is 2. The van der Waals surface area contributed by atoms with E-state index in [0.717, 1.165) is 32.1 Å². The Morgan fingerprint density at radius 3 is 2.44 bits per heavy atom. The van der Waals surface area contributed by atoms with Gasteiger partial charge in [-0.05, 0) is 54.4 Å². The Kier molecular flexibility index (Phi) is 5.69. The van der Waals surface area contributed by atoms with Crippen LogP contribution in [0.4, 0.5) is 0 Å². The Labute approximate surface area is 148 Å². The maximum absolute atomic E-state index is 12.1. The number of carbonyl (C=O) groups is 2. The van der Waals surface area contributed by atoms with Crippen LogP contribution in [0.2, 0.25) is 0 Å². The zero-order valence-electron chi connectivity index (χ0n) is 14.5. The standard InChI is InChI=1S/C21H26N2O2/c22-21(25)18-10-6-16(7-11-18)14-23-20(24)12-8-15-5-9-17-3-1-2-4-19(17)13-15/h1-5,9,13,16,18H,6-8,10-12,14H2,(H2,22,25)(H,23,24). The maximum Gasteiger partial charge on any atom is 0.220 e. The van der Waals surface area contributed by atoms with Gasteiger partial charge < -0.3 is 11.1 Å². The van der Waals surface area contributed by atoms with Crippen molar-refractivity contribution in [1.82, 2.24) is 5.32 Å². The molecular formula is C21H26N2O2. The Bertz CT molecular complexity index is 748. The van der Waals surface area contributed by atoms with E-state index < -0.39 is 0 Å². The number of hydrogen-bond donors (Lipinski definition) is 2. The van der Waals surface area contributed by atoms with Crippen LogP contribution in [0.5, 0.6) is 0 Å². The van der Waals surface area contributed by atoms with Crippen LogP contribution in [-0.2, 0) is 16.0 Å². The van der Waals surface area contributed by atoms with Gasteiger partial charge in [-0.2, -0.15) is 0 Å². The molecule has 0 atom stereocenters. The molecule has 2 amide bonds. The molecule has 0 spiro atoms. The molecule has 0 aliphatic heterocycles. The second-order valence-corrected chi connectivity index (χ2v) is 7.11. The van der Waals surface area contributed by atoms with E-state index >= 15 is 0 Å². The van der Waals surface area contributed by atoms with Gasteiger partial charge in [-0.25, -0.2) is 0 Å². The quantitative estimate of drug-likeness (QED) is 0.849. The number of nitrogens with one attached hydrogen (secondary N) is 1. The van der Waals surface area contributed by atoms with Gasteiger partial charge in [0, 0.05) is 18.9 Å². The van der Waals surface area contributed by atoms with Gasteiger partial charge in [0.25, 0.3) is 0 Å². The lowest BCUT2D eigenvalue weighted by molar-refractivity contribution is -0.124. The van der Waals surface area contributed by atoms with Gasteiger partial charge in [0.05, 0.1) is 0 Å². The monoisotopic (exact) mass is 338 g/mol. The third-order valence-electron chi connectivity index (χ3n) is 5.29. The number of fused-ring (bicyclic) bond motifs is 1. The van der Waals surface area contributed by atoms with Crippen LogP contribution < -0.4 is 11.1 Å². The lowest BCUT2D eigenvalue weighted by atomic mass is 9.81. The molecule has 4 nitrogen and oxygen atoms in total. The highest BCUT2D eigenvalue weighted by Crippen LogP contribution is 2.28. The summed E-state index contributed by atoms with van der Waals surface area (Å²) < 4.78 is 0. The van der Waals surface area contributed by atoms with E-state index in [1.807, 2.05) is 12.1 Å². The fraction of sp³-hybridized carbons (Fsp3) is 0.429. The van der Waals surface area contributed by atoms with Crippen molar-refractivity contribution in [3.05, 3.63) is 48.0 Å². The average molecular weight is 338 g/mol. The number of benzene rings is 2.